The molecule has 0 radical (unpaired) electrons. The first-order valence-electron chi connectivity index (χ1n) is 19.3. The molecule has 5 N–H and O–H groups in total. The lowest BCUT2D eigenvalue weighted by Crippen LogP contribution is -2.42. The number of aromatic nitrogens is 6. The predicted octanol–water partition coefficient (Wildman–Crippen LogP) is 6.19. The fourth-order valence-corrected chi connectivity index (χ4v) is 7.90. The summed E-state index contributed by atoms with van der Waals surface area (Å²) in [7, 11) is 1.60. The molecule has 6 aromatic rings. The van der Waals surface area contributed by atoms with Crippen LogP contribution in [0.2, 0.25) is 0 Å². The molecule has 2 aliphatic heterocycles. The second-order valence-electron chi connectivity index (χ2n) is 14.4. The van der Waals surface area contributed by atoms with Crippen molar-refractivity contribution in [1.29, 1.82) is 0 Å². The van der Waals surface area contributed by atoms with Crippen LogP contribution in [-0.2, 0) is 14.3 Å². The summed E-state index contributed by atoms with van der Waals surface area (Å²) in [5, 5.41) is 15.1. The average molecular weight is 781 g/mol. The number of rotatable bonds is 13. The van der Waals surface area contributed by atoms with Crippen LogP contribution in [-0.4, -0.2) is 89.6 Å². The molecule has 3 aromatic carbocycles. The van der Waals surface area contributed by atoms with Gasteiger partial charge in [0.2, 0.25) is 5.91 Å². The van der Waals surface area contributed by atoms with Crippen LogP contribution in [0.5, 0.6) is 0 Å². The van der Waals surface area contributed by atoms with Crippen LogP contribution < -0.4 is 10.6 Å². The van der Waals surface area contributed by atoms with E-state index in [4.69, 9.17) is 9.72 Å². The zero-order valence-corrected chi connectivity index (χ0v) is 31.9. The molecule has 5 heterocycles. The third-order valence-corrected chi connectivity index (χ3v) is 10.8. The zero-order valence-electron chi connectivity index (χ0n) is 31.9. The number of carboxylic acid groups (broad SMARTS) is 1. The van der Waals surface area contributed by atoms with Crippen LogP contribution in [0.25, 0.3) is 33.9 Å². The maximum Gasteiger partial charge on any atom is 0.405 e. The Balaban J connectivity index is 0.925. The van der Waals surface area contributed by atoms with Gasteiger partial charge < -0.3 is 34.9 Å². The number of methoxy groups -OCH3 is 1. The Morgan fingerprint density at radius 2 is 1.21 bits per heavy atom. The van der Waals surface area contributed by atoms with Gasteiger partial charge in [0.1, 0.15) is 29.4 Å². The molecule has 0 aliphatic carbocycles. The lowest BCUT2D eigenvalue weighted by Gasteiger charge is -2.28. The van der Waals surface area contributed by atoms with Crippen LogP contribution in [0, 0.1) is 0 Å². The van der Waals surface area contributed by atoms with E-state index in [1.54, 1.807) is 54.9 Å². The van der Waals surface area contributed by atoms with Gasteiger partial charge in [-0.2, -0.15) is 0 Å². The highest BCUT2D eigenvalue weighted by molar-refractivity contribution is 5.87. The minimum absolute atomic E-state index is 0.00921. The van der Waals surface area contributed by atoms with Crippen molar-refractivity contribution in [3.05, 3.63) is 132 Å². The summed E-state index contributed by atoms with van der Waals surface area (Å²) in [5.74, 6) is 1.03. The van der Waals surface area contributed by atoms with Crippen LogP contribution in [0.1, 0.15) is 72.6 Å². The highest BCUT2D eigenvalue weighted by atomic mass is 16.5. The van der Waals surface area contributed by atoms with E-state index in [0.717, 1.165) is 47.5 Å². The van der Waals surface area contributed by atoms with Gasteiger partial charge in [0, 0.05) is 25.8 Å². The molecular weight excluding hydrogens is 737 g/mol. The number of aromatic amines is 2. The maximum absolute atomic E-state index is 13.9. The largest absolute Gasteiger partial charge is 0.465 e. The van der Waals surface area contributed by atoms with Crippen LogP contribution in [0.3, 0.4) is 0 Å². The summed E-state index contributed by atoms with van der Waals surface area (Å²) in [5.41, 5.74) is 6.10. The van der Waals surface area contributed by atoms with Crippen molar-refractivity contribution in [3.63, 3.8) is 0 Å². The molecule has 8 rings (SSSR count). The molecule has 4 atom stereocenters. The van der Waals surface area contributed by atoms with Gasteiger partial charge in [0.25, 0.3) is 5.91 Å². The number of hydrogen-bond donors (Lipinski definition) is 5. The molecular formula is C43H44N10O5. The Labute approximate surface area is 334 Å². The molecule has 2 aliphatic rings. The third-order valence-electron chi connectivity index (χ3n) is 10.8. The lowest BCUT2D eigenvalue weighted by molar-refractivity contribution is -0.135. The molecule has 2 saturated heterocycles. The highest BCUT2D eigenvalue weighted by Crippen LogP contribution is 2.36. The number of nitrogens with one attached hydrogen (secondary N) is 4. The van der Waals surface area contributed by atoms with Crippen molar-refractivity contribution >= 4 is 17.9 Å². The number of likely N-dealkylation sites (tertiary alicyclic amines) is 2. The van der Waals surface area contributed by atoms with Crippen molar-refractivity contribution in [1.82, 2.24) is 50.3 Å². The number of carbonyl (C=O) groups excluding carboxylic acids is 2. The van der Waals surface area contributed by atoms with Gasteiger partial charge in [-0.25, -0.2) is 14.8 Å². The second-order valence-corrected chi connectivity index (χ2v) is 14.4. The van der Waals surface area contributed by atoms with Gasteiger partial charge in [-0.05, 0) is 42.4 Å². The molecule has 0 bridgehead atoms. The Hall–Kier alpha value is -6.71. The Morgan fingerprint density at radius 1 is 0.690 bits per heavy atom. The van der Waals surface area contributed by atoms with Crippen LogP contribution in [0.15, 0.2) is 110 Å². The van der Waals surface area contributed by atoms with E-state index in [1.807, 2.05) is 71.8 Å². The van der Waals surface area contributed by atoms with E-state index in [1.165, 1.54) is 0 Å². The number of hydrogen-bond acceptors (Lipinski definition) is 9. The summed E-state index contributed by atoms with van der Waals surface area (Å²) < 4.78 is 5.24. The van der Waals surface area contributed by atoms with Gasteiger partial charge in [-0.3, -0.25) is 24.9 Å². The summed E-state index contributed by atoms with van der Waals surface area (Å²) in [6, 6.07) is 24.5. The minimum atomic E-state index is -1.27. The van der Waals surface area contributed by atoms with Gasteiger partial charge in [0.15, 0.2) is 0 Å². The number of amides is 3. The average Bonchev–Trinajstić information content (AvgIpc) is 4.11. The Kier molecular flexibility index (Phi) is 11.3. The van der Waals surface area contributed by atoms with E-state index < -0.39 is 18.2 Å². The van der Waals surface area contributed by atoms with Crippen LogP contribution in [0.4, 0.5) is 4.79 Å². The van der Waals surface area contributed by atoms with Gasteiger partial charge >= 0.3 is 6.09 Å². The number of nitrogens with zero attached hydrogens (tertiary/aromatic N) is 6. The van der Waals surface area contributed by atoms with Gasteiger partial charge in [-0.15, -0.1) is 0 Å². The number of imidazole rings is 2. The quantitative estimate of drug-likeness (QED) is 0.0844. The number of ether oxygens (including phenoxy) is 1. The second kappa shape index (κ2) is 17.2. The fraction of sp³-hybridized carbons (Fsp3) is 0.279. The van der Waals surface area contributed by atoms with Crippen molar-refractivity contribution < 1.29 is 24.2 Å². The lowest BCUT2D eigenvalue weighted by atomic mass is 10.1. The molecule has 0 saturated carbocycles. The van der Waals surface area contributed by atoms with Crippen molar-refractivity contribution in [2.45, 2.75) is 49.9 Å². The number of carbonyl (C=O) groups is 3. The predicted molar refractivity (Wildman–Crippen MR) is 215 cm³/mol. The van der Waals surface area contributed by atoms with E-state index in [-0.39, 0.29) is 30.6 Å². The van der Waals surface area contributed by atoms with E-state index in [9.17, 15) is 19.5 Å². The summed E-state index contributed by atoms with van der Waals surface area (Å²) in [6.45, 7) is 1.39. The normalized spacial score (nSPS) is 17.6. The van der Waals surface area contributed by atoms with Gasteiger partial charge in [-0.1, -0.05) is 84.9 Å². The molecule has 296 valence electrons. The molecule has 3 amide bonds. The third kappa shape index (κ3) is 8.08. The number of benzene rings is 3. The van der Waals surface area contributed by atoms with Crippen molar-refractivity contribution in [3.8, 4) is 33.9 Å². The molecule has 15 heteroatoms. The van der Waals surface area contributed by atoms with Gasteiger partial charge in [0.05, 0.1) is 60.7 Å². The Morgan fingerprint density at radius 3 is 1.78 bits per heavy atom. The topological polar surface area (TPSA) is 194 Å². The maximum atomic E-state index is 13.9. The fourth-order valence-electron chi connectivity index (χ4n) is 7.90. The monoisotopic (exact) mass is 780 g/mol. The number of H-pyrrole nitrogens is 2. The first-order chi connectivity index (χ1) is 28.4. The van der Waals surface area contributed by atoms with E-state index >= 15 is 0 Å². The van der Waals surface area contributed by atoms with Crippen LogP contribution >= 0.6 is 0 Å². The molecule has 3 aromatic heterocycles. The summed E-state index contributed by atoms with van der Waals surface area (Å²) in [4.78, 5) is 68.3. The summed E-state index contributed by atoms with van der Waals surface area (Å²) >= 11 is 0. The molecule has 2 fully saturated rings. The first kappa shape index (κ1) is 38.2. The zero-order chi connectivity index (χ0) is 40.0. The first-order valence-corrected chi connectivity index (χ1v) is 19.3. The molecule has 0 unspecified atom stereocenters. The Bertz CT molecular complexity index is 2330. The molecule has 15 nitrogen and oxygen atoms in total. The molecule has 58 heavy (non-hydrogen) atoms. The van der Waals surface area contributed by atoms with E-state index in [2.05, 4.69) is 35.6 Å². The van der Waals surface area contributed by atoms with Crippen molar-refractivity contribution in [2.24, 2.45) is 0 Å². The van der Waals surface area contributed by atoms with E-state index in [0.29, 0.717) is 48.0 Å². The summed E-state index contributed by atoms with van der Waals surface area (Å²) in [6.07, 6.45) is 8.77. The smallest absolute Gasteiger partial charge is 0.405 e. The van der Waals surface area contributed by atoms with Crippen molar-refractivity contribution in [2.75, 3.05) is 26.9 Å². The standard InChI is InChI=1S/C43H44N10O5/c1-58-26-48-37(29-10-4-2-5-11-29)41(54)52-20-8-14-35(52)39-46-23-32(49-39)28-18-16-27(17-19-28)31-22-45-33(24-44-31)34-25-47-40(50-34)36-15-9-21-53(36)42(55)38(51-43(56)57)30-12-6-3-7-13-30/h2-7,10-13,16-19,22-25,35-38,48,51H,8-9,14-15,20-21,26H2,1H3,(H,46,49)(H,47,50)(H,56,57)/t35-,36-,37+,38+/m0/s1. The minimum Gasteiger partial charge on any atom is -0.465 e. The highest BCUT2D eigenvalue weighted by Gasteiger charge is 2.38. The molecule has 0 spiro atoms. The SMILES string of the molecule is COCN[C@@H](C(=O)N1CCC[C@H]1c1ncc(-c2ccc(-c3cnc(-c4cnc([C@@H]5CCCN5C(=O)[C@H](NC(=O)O)c5ccccc5)[nH]4)cn3)cc2)[nH]1)c1ccccc1.